The summed E-state index contributed by atoms with van der Waals surface area (Å²) in [6, 6.07) is 13.4. The Morgan fingerprint density at radius 1 is 1.07 bits per heavy atom. The number of hydrogen-bond acceptors (Lipinski definition) is 6. The van der Waals surface area contributed by atoms with Gasteiger partial charge in [0.1, 0.15) is 11.4 Å². The van der Waals surface area contributed by atoms with E-state index in [-0.39, 0.29) is 5.60 Å². The van der Waals surface area contributed by atoms with Gasteiger partial charge in [0, 0.05) is 54.0 Å². The van der Waals surface area contributed by atoms with Gasteiger partial charge in [-0.2, -0.15) is 26.3 Å². The lowest BCUT2D eigenvalue weighted by atomic mass is 9.80. The fraction of sp³-hybridized carbons (Fsp3) is 0.462. The van der Waals surface area contributed by atoms with Gasteiger partial charge in [-0.1, -0.05) is 24.3 Å². The summed E-state index contributed by atoms with van der Waals surface area (Å²) in [6.07, 6.45) is -4.93. The first-order valence-electron chi connectivity index (χ1n) is 12.1. The van der Waals surface area contributed by atoms with Gasteiger partial charge in [0.2, 0.25) is 0 Å². The number of benzene rings is 1. The fourth-order valence-electron chi connectivity index (χ4n) is 4.24. The molecular formula is C26H30F6N2O5S. The zero-order valence-corrected chi connectivity index (χ0v) is 22.3. The van der Waals surface area contributed by atoms with Crippen LogP contribution in [0.3, 0.4) is 0 Å². The number of carboxylic acids is 2. The van der Waals surface area contributed by atoms with Crippen LogP contribution in [0.15, 0.2) is 49.1 Å². The average molecular weight is 597 g/mol. The molecule has 0 saturated carbocycles. The monoisotopic (exact) mass is 596 g/mol. The number of aryl methyl sites for hydroxylation is 1. The van der Waals surface area contributed by atoms with E-state index >= 15 is 0 Å². The van der Waals surface area contributed by atoms with Crippen LogP contribution in [0.5, 0.6) is 5.75 Å². The summed E-state index contributed by atoms with van der Waals surface area (Å²) in [5, 5.41) is 18.1. The van der Waals surface area contributed by atoms with Crippen molar-refractivity contribution >= 4 is 23.3 Å². The molecule has 3 heterocycles. The second-order valence-electron chi connectivity index (χ2n) is 9.17. The van der Waals surface area contributed by atoms with Crippen LogP contribution in [0.2, 0.25) is 0 Å². The number of aliphatic carboxylic acids is 2. The molecule has 14 heteroatoms. The number of rotatable bonds is 5. The molecule has 40 heavy (non-hydrogen) atoms. The number of alkyl halides is 6. The van der Waals surface area contributed by atoms with Gasteiger partial charge < -0.3 is 20.3 Å². The number of piperidine rings is 1. The molecule has 4 rings (SSSR count). The number of carboxylic acid groups (broad SMARTS) is 2. The molecule has 7 nitrogen and oxygen atoms in total. The molecule has 222 valence electrons. The first kappa shape index (κ1) is 33.1. The number of halogens is 6. The summed E-state index contributed by atoms with van der Waals surface area (Å²) in [5.41, 5.74) is 1.27. The average Bonchev–Trinajstić information content (AvgIpc) is 3.29. The van der Waals surface area contributed by atoms with Gasteiger partial charge >= 0.3 is 24.3 Å². The highest BCUT2D eigenvalue weighted by Crippen LogP contribution is 2.44. The standard InChI is InChI=1S/C22H28N2OS.2C2HF3O2/c1-3-12-24-13-10-22(11-14-24)15-20(19-6-4-5-7-21(19)25-22)23-16-18-9-8-17(2)26-18;2*3-2(4,5)1(6)7/h3-9,20,23H,1,10-16H2,2H3;2*(H,6,7). The SMILES string of the molecule is C=CCN1CCC2(CC1)CC(NCc1ccc(C)s1)c1ccccc1O2.O=C(O)C(F)(F)F.O=C(O)C(F)(F)F. The number of fused-ring (bicyclic) bond motifs is 1. The number of ether oxygens (including phenoxy) is 1. The molecule has 2 aliphatic heterocycles. The van der Waals surface area contributed by atoms with Gasteiger partial charge in [-0.05, 0) is 38.0 Å². The topological polar surface area (TPSA) is 99.1 Å². The highest BCUT2D eigenvalue weighted by molar-refractivity contribution is 7.11. The fourth-order valence-corrected chi connectivity index (χ4v) is 5.08. The third kappa shape index (κ3) is 10.1. The van der Waals surface area contributed by atoms with Gasteiger partial charge in [-0.15, -0.1) is 17.9 Å². The maximum Gasteiger partial charge on any atom is 0.490 e. The van der Waals surface area contributed by atoms with Crippen molar-refractivity contribution in [3.8, 4) is 5.75 Å². The Balaban J connectivity index is 0.000000333. The van der Waals surface area contributed by atoms with E-state index in [4.69, 9.17) is 24.5 Å². The lowest BCUT2D eigenvalue weighted by Crippen LogP contribution is -2.51. The van der Waals surface area contributed by atoms with E-state index in [0.717, 1.165) is 51.2 Å². The molecule has 1 spiro atoms. The van der Waals surface area contributed by atoms with Gasteiger partial charge in [-0.3, -0.25) is 4.90 Å². The van der Waals surface area contributed by atoms with E-state index in [0.29, 0.717) is 6.04 Å². The molecule has 2 aliphatic rings. The number of nitrogens with one attached hydrogen (secondary N) is 1. The van der Waals surface area contributed by atoms with E-state index < -0.39 is 24.3 Å². The van der Waals surface area contributed by atoms with E-state index in [9.17, 15) is 26.3 Å². The largest absolute Gasteiger partial charge is 0.490 e. The molecule has 1 fully saturated rings. The molecular weight excluding hydrogens is 566 g/mol. The third-order valence-corrected chi connectivity index (χ3v) is 7.16. The van der Waals surface area contributed by atoms with Crippen LogP contribution < -0.4 is 10.1 Å². The smallest absolute Gasteiger partial charge is 0.487 e. The number of para-hydroxylation sites is 1. The molecule has 2 aromatic rings. The molecule has 3 N–H and O–H groups in total. The normalized spacial score (nSPS) is 18.2. The predicted molar refractivity (Wildman–Crippen MR) is 136 cm³/mol. The summed E-state index contributed by atoms with van der Waals surface area (Å²) in [5.74, 6) is -4.45. The molecule has 1 unspecified atom stereocenters. The van der Waals surface area contributed by atoms with Crippen LogP contribution in [0, 0.1) is 6.92 Å². The Kier molecular flexibility index (Phi) is 11.6. The molecule has 1 atom stereocenters. The van der Waals surface area contributed by atoms with Crippen molar-refractivity contribution in [2.45, 2.75) is 56.7 Å². The Morgan fingerprint density at radius 3 is 2.10 bits per heavy atom. The summed E-state index contributed by atoms with van der Waals surface area (Å²) < 4.78 is 70.1. The lowest BCUT2D eigenvalue weighted by Gasteiger charge is -2.47. The molecule has 0 radical (unpaired) electrons. The van der Waals surface area contributed by atoms with Gasteiger partial charge in [0.05, 0.1) is 0 Å². The first-order valence-corrected chi connectivity index (χ1v) is 12.9. The number of thiophene rings is 1. The number of hydrogen-bond donors (Lipinski definition) is 3. The van der Waals surface area contributed by atoms with E-state index in [2.05, 4.69) is 60.1 Å². The maximum absolute atomic E-state index is 10.6. The third-order valence-electron chi connectivity index (χ3n) is 6.16. The van der Waals surface area contributed by atoms with E-state index in [1.165, 1.54) is 15.3 Å². The number of nitrogens with zero attached hydrogens (tertiary/aromatic N) is 1. The Labute approximate surface area is 231 Å². The Hall–Kier alpha value is -3.10. The van der Waals surface area contributed by atoms with Crippen molar-refractivity contribution in [2.75, 3.05) is 19.6 Å². The predicted octanol–water partition coefficient (Wildman–Crippen LogP) is 5.96. The minimum Gasteiger partial charge on any atom is -0.487 e. The lowest BCUT2D eigenvalue weighted by molar-refractivity contribution is -0.193. The van der Waals surface area contributed by atoms with Crippen molar-refractivity contribution in [2.24, 2.45) is 0 Å². The highest BCUT2D eigenvalue weighted by atomic mass is 32.1. The van der Waals surface area contributed by atoms with Crippen LogP contribution in [0.25, 0.3) is 0 Å². The second-order valence-corrected chi connectivity index (χ2v) is 10.5. The van der Waals surface area contributed by atoms with Gasteiger partial charge in [0.15, 0.2) is 0 Å². The van der Waals surface area contributed by atoms with Crippen LogP contribution in [-0.2, 0) is 16.1 Å². The van der Waals surface area contributed by atoms with Crippen molar-refractivity contribution in [3.05, 3.63) is 64.4 Å². The quantitative estimate of drug-likeness (QED) is 0.290. The van der Waals surface area contributed by atoms with E-state index in [1.54, 1.807) is 0 Å². The summed E-state index contributed by atoms with van der Waals surface area (Å²) in [7, 11) is 0. The van der Waals surface area contributed by atoms with Crippen LogP contribution in [-0.4, -0.2) is 64.6 Å². The Bertz CT molecular complexity index is 1120. The number of carbonyl (C=O) groups is 2. The van der Waals surface area contributed by atoms with Crippen molar-refractivity contribution in [3.63, 3.8) is 0 Å². The van der Waals surface area contributed by atoms with E-state index in [1.807, 2.05) is 17.4 Å². The Morgan fingerprint density at radius 2 is 1.62 bits per heavy atom. The zero-order valence-electron chi connectivity index (χ0n) is 21.5. The van der Waals surface area contributed by atoms with Crippen LogP contribution in [0.1, 0.15) is 40.6 Å². The van der Waals surface area contributed by atoms with Crippen molar-refractivity contribution in [1.29, 1.82) is 0 Å². The summed E-state index contributed by atoms with van der Waals surface area (Å²) >= 11 is 1.88. The molecule has 1 aromatic carbocycles. The molecule has 1 aromatic heterocycles. The van der Waals surface area contributed by atoms with Crippen LogP contribution >= 0.6 is 11.3 Å². The maximum atomic E-state index is 10.6. The molecule has 0 amide bonds. The summed E-state index contributed by atoms with van der Waals surface area (Å²) in [6.45, 7) is 10.1. The highest BCUT2D eigenvalue weighted by Gasteiger charge is 2.43. The minimum atomic E-state index is -5.08. The molecule has 0 bridgehead atoms. The van der Waals surface area contributed by atoms with Gasteiger partial charge in [-0.25, -0.2) is 9.59 Å². The molecule has 0 aliphatic carbocycles. The van der Waals surface area contributed by atoms with Gasteiger partial charge in [0.25, 0.3) is 0 Å². The zero-order chi connectivity index (χ0) is 30.1. The molecule has 1 saturated heterocycles. The minimum absolute atomic E-state index is 0.0327. The summed E-state index contributed by atoms with van der Waals surface area (Å²) in [4.78, 5) is 23.0. The number of likely N-dealkylation sites (tertiary alicyclic amines) is 1. The first-order chi connectivity index (χ1) is 18.6. The van der Waals surface area contributed by atoms with Crippen molar-refractivity contribution in [1.82, 2.24) is 10.2 Å². The van der Waals surface area contributed by atoms with Crippen molar-refractivity contribution < 1.29 is 50.9 Å². The van der Waals surface area contributed by atoms with Crippen LogP contribution in [0.4, 0.5) is 26.3 Å². The second kappa shape index (κ2) is 14.0.